The van der Waals surface area contributed by atoms with E-state index in [0.29, 0.717) is 6.04 Å². The number of ether oxygens (including phenoxy) is 1. The molecule has 0 amide bonds. The van der Waals surface area contributed by atoms with E-state index in [-0.39, 0.29) is 5.41 Å². The molecule has 27 heavy (non-hydrogen) atoms. The highest BCUT2D eigenvalue weighted by molar-refractivity contribution is 9.10. The van der Waals surface area contributed by atoms with Crippen LogP contribution in [0.15, 0.2) is 33.7 Å². The molecule has 1 aromatic carbocycles. The molecule has 1 aliphatic carbocycles. The zero-order valence-electron chi connectivity index (χ0n) is 16.3. The summed E-state index contributed by atoms with van der Waals surface area (Å²) < 4.78 is 6.68. The molecule has 3 fully saturated rings. The molecule has 0 bridgehead atoms. The summed E-state index contributed by atoms with van der Waals surface area (Å²) in [5.74, 6) is 1.06. The molecular weight excluding hydrogens is 404 g/mol. The van der Waals surface area contributed by atoms with E-state index in [1.807, 2.05) is 7.05 Å². The smallest absolute Gasteiger partial charge is 0.193 e. The second-order valence-electron chi connectivity index (χ2n) is 8.08. The minimum absolute atomic E-state index is 0.253. The predicted octanol–water partition coefficient (Wildman–Crippen LogP) is 2.85. The molecule has 1 atom stereocenters. The zero-order chi connectivity index (χ0) is 18.7. The molecule has 1 aromatic rings. The van der Waals surface area contributed by atoms with Crippen LogP contribution in [0, 0.1) is 0 Å². The Hall–Kier alpha value is -1.11. The summed E-state index contributed by atoms with van der Waals surface area (Å²) >= 11 is 3.63. The molecule has 3 aliphatic rings. The number of likely N-dealkylation sites (tertiary alicyclic amines) is 1. The number of nitrogens with one attached hydrogen (secondary N) is 1. The number of benzene rings is 1. The van der Waals surface area contributed by atoms with E-state index in [1.54, 1.807) is 0 Å². The Morgan fingerprint density at radius 2 is 2.11 bits per heavy atom. The molecule has 148 valence electrons. The normalized spacial score (nSPS) is 26.1. The van der Waals surface area contributed by atoms with Crippen molar-refractivity contribution in [3.05, 3.63) is 34.3 Å². The van der Waals surface area contributed by atoms with Gasteiger partial charge >= 0.3 is 0 Å². The van der Waals surface area contributed by atoms with Gasteiger partial charge in [0.25, 0.3) is 0 Å². The van der Waals surface area contributed by atoms with E-state index < -0.39 is 0 Å². The van der Waals surface area contributed by atoms with Gasteiger partial charge in [0.2, 0.25) is 0 Å². The van der Waals surface area contributed by atoms with E-state index in [2.05, 4.69) is 60.3 Å². The Balaban J connectivity index is 1.36. The van der Waals surface area contributed by atoms with Crippen LogP contribution in [0.25, 0.3) is 0 Å². The maximum atomic E-state index is 5.51. The quantitative estimate of drug-likeness (QED) is 0.584. The molecular formula is C21H31BrN4O. The Kier molecular flexibility index (Phi) is 6.05. The number of morpholine rings is 1. The summed E-state index contributed by atoms with van der Waals surface area (Å²) in [5, 5.41) is 3.71. The van der Waals surface area contributed by atoms with Gasteiger partial charge in [-0.25, -0.2) is 0 Å². The molecule has 0 aromatic heterocycles. The van der Waals surface area contributed by atoms with Crippen molar-refractivity contribution in [1.82, 2.24) is 15.1 Å². The first kappa shape index (κ1) is 19.2. The van der Waals surface area contributed by atoms with Crippen molar-refractivity contribution in [2.45, 2.75) is 37.1 Å². The number of hydrogen-bond donors (Lipinski definition) is 1. The van der Waals surface area contributed by atoms with Crippen LogP contribution in [0.1, 0.15) is 31.2 Å². The van der Waals surface area contributed by atoms with Crippen molar-refractivity contribution in [1.29, 1.82) is 0 Å². The number of nitrogens with zero attached hydrogens (tertiary/aromatic N) is 3. The third kappa shape index (κ3) is 4.17. The highest BCUT2D eigenvalue weighted by Crippen LogP contribution is 2.43. The fourth-order valence-electron chi connectivity index (χ4n) is 4.74. The van der Waals surface area contributed by atoms with Gasteiger partial charge in [0.15, 0.2) is 5.96 Å². The van der Waals surface area contributed by atoms with Crippen LogP contribution in [0.2, 0.25) is 0 Å². The minimum Gasteiger partial charge on any atom is -0.379 e. The zero-order valence-corrected chi connectivity index (χ0v) is 17.9. The molecule has 1 unspecified atom stereocenters. The monoisotopic (exact) mass is 434 g/mol. The second kappa shape index (κ2) is 8.50. The van der Waals surface area contributed by atoms with Crippen LogP contribution in [-0.4, -0.2) is 74.8 Å². The van der Waals surface area contributed by atoms with Crippen molar-refractivity contribution in [2.24, 2.45) is 4.99 Å². The molecule has 6 heteroatoms. The fraction of sp³-hybridized carbons (Fsp3) is 0.667. The second-order valence-corrected chi connectivity index (χ2v) is 9.00. The van der Waals surface area contributed by atoms with Crippen molar-refractivity contribution < 1.29 is 4.74 Å². The van der Waals surface area contributed by atoms with E-state index in [1.165, 1.54) is 35.7 Å². The van der Waals surface area contributed by atoms with Gasteiger partial charge < -0.3 is 15.0 Å². The lowest BCUT2D eigenvalue weighted by Gasteiger charge is -2.43. The Morgan fingerprint density at radius 1 is 1.30 bits per heavy atom. The van der Waals surface area contributed by atoms with E-state index in [9.17, 15) is 0 Å². The summed E-state index contributed by atoms with van der Waals surface area (Å²) in [6.07, 6.45) is 5.04. The molecule has 0 spiro atoms. The minimum atomic E-state index is 0.253. The van der Waals surface area contributed by atoms with Crippen LogP contribution in [-0.2, 0) is 10.2 Å². The molecule has 5 nitrogen and oxygen atoms in total. The molecule has 2 heterocycles. The average Bonchev–Trinajstić information content (AvgIpc) is 3.15. The van der Waals surface area contributed by atoms with Crippen LogP contribution < -0.4 is 5.32 Å². The molecule has 1 saturated carbocycles. The summed E-state index contributed by atoms with van der Waals surface area (Å²) in [6.45, 7) is 7.01. The van der Waals surface area contributed by atoms with Crippen molar-refractivity contribution >= 4 is 21.9 Å². The van der Waals surface area contributed by atoms with E-state index >= 15 is 0 Å². The van der Waals surface area contributed by atoms with Crippen LogP contribution in [0.4, 0.5) is 0 Å². The maximum Gasteiger partial charge on any atom is 0.193 e. The molecule has 4 rings (SSSR count). The Labute approximate surface area is 171 Å². The van der Waals surface area contributed by atoms with Crippen LogP contribution in [0.3, 0.4) is 0 Å². The predicted molar refractivity (Wildman–Crippen MR) is 113 cm³/mol. The van der Waals surface area contributed by atoms with Crippen molar-refractivity contribution in [3.8, 4) is 0 Å². The summed E-state index contributed by atoms with van der Waals surface area (Å²) in [7, 11) is 1.91. The molecule has 2 aliphatic heterocycles. The first-order valence-corrected chi connectivity index (χ1v) is 11.0. The van der Waals surface area contributed by atoms with Gasteiger partial charge in [0.05, 0.1) is 13.2 Å². The van der Waals surface area contributed by atoms with Gasteiger partial charge in [-0.3, -0.25) is 9.89 Å². The van der Waals surface area contributed by atoms with Crippen molar-refractivity contribution in [2.75, 3.05) is 53.0 Å². The first-order valence-electron chi connectivity index (χ1n) is 10.2. The van der Waals surface area contributed by atoms with Gasteiger partial charge in [-0.2, -0.15) is 0 Å². The summed E-state index contributed by atoms with van der Waals surface area (Å²) in [4.78, 5) is 9.63. The molecule has 1 N–H and O–H groups in total. The third-order valence-corrected chi connectivity index (χ3v) is 7.06. The number of halogens is 1. The summed E-state index contributed by atoms with van der Waals surface area (Å²) in [6, 6.07) is 9.46. The van der Waals surface area contributed by atoms with Gasteiger partial charge in [-0.15, -0.1) is 0 Å². The topological polar surface area (TPSA) is 40.1 Å². The van der Waals surface area contributed by atoms with Crippen molar-refractivity contribution in [3.63, 3.8) is 0 Å². The molecule has 0 radical (unpaired) electrons. The third-order valence-electron chi connectivity index (χ3n) is 6.57. The lowest BCUT2D eigenvalue weighted by Crippen LogP contribution is -2.50. The van der Waals surface area contributed by atoms with E-state index in [4.69, 9.17) is 4.74 Å². The van der Waals surface area contributed by atoms with Gasteiger partial charge in [-0.05, 0) is 37.0 Å². The average molecular weight is 435 g/mol. The van der Waals surface area contributed by atoms with Gasteiger partial charge in [0.1, 0.15) is 0 Å². The fourth-order valence-corrected chi connectivity index (χ4v) is 5.14. The van der Waals surface area contributed by atoms with Gasteiger partial charge in [-0.1, -0.05) is 34.5 Å². The number of hydrogen-bond acceptors (Lipinski definition) is 3. The first-order chi connectivity index (χ1) is 13.2. The van der Waals surface area contributed by atoms with Crippen LogP contribution >= 0.6 is 15.9 Å². The lowest BCUT2D eigenvalue weighted by molar-refractivity contribution is 0.0194. The van der Waals surface area contributed by atoms with Gasteiger partial charge in [0, 0.05) is 55.7 Å². The Bertz CT molecular complexity index is 670. The summed E-state index contributed by atoms with van der Waals surface area (Å²) in [5.41, 5.74) is 1.70. The molecule has 2 saturated heterocycles. The largest absolute Gasteiger partial charge is 0.379 e. The standard InChI is InChI=1S/C21H31BrN4O/c1-23-20(26-9-6-19(15-26)25-10-12-27-13-11-25)24-16-21(7-3-8-21)17-4-2-5-18(22)14-17/h2,4-5,14,19H,3,6-13,15-16H2,1H3,(H,23,24). The number of guanidine groups is 1. The van der Waals surface area contributed by atoms with E-state index in [0.717, 1.165) is 51.9 Å². The Morgan fingerprint density at radius 3 is 2.78 bits per heavy atom. The SMILES string of the molecule is CN=C(NCC1(c2cccc(Br)c2)CCC1)N1CCC(N2CCOCC2)C1. The maximum absolute atomic E-state index is 5.51. The highest BCUT2D eigenvalue weighted by atomic mass is 79.9. The number of rotatable bonds is 4. The lowest BCUT2D eigenvalue weighted by atomic mass is 9.64. The van der Waals surface area contributed by atoms with Crippen LogP contribution in [0.5, 0.6) is 0 Å². The number of aliphatic imine (C=N–C) groups is 1. The highest BCUT2D eigenvalue weighted by Gasteiger charge is 2.39.